The van der Waals surface area contributed by atoms with Crippen LogP contribution in [0.25, 0.3) is 0 Å². The fourth-order valence-corrected chi connectivity index (χ4v) is 3.75. The quantitative estimate of drug-likeness (QED) is 0.187. The first kappa shape index (κ1) is 25.1. The summed E-state index contributed by atoms with van der Waals surface area (Å²) in [6, 6.07) is 0. The molecule has 0 saturated carbocycles. The number of hydrogen-bond donors (Lipinski definition) is 9. The third-order valence-corrected chi connectivity index (χ3v) is 5.65. The lowest BCUT2D eigenvalue weighted by Gasteiger charge is -2.47. The van der Waals surface area contributed by atoms with Gasteiger partial charge in [0.15, 0.2) is 18.9 Å². The van der Waals surface area contributed by atoms with E-state index in [1.165, 1.54) is 6.92 Å². The highest BCUT2D eigenvalue weighted by atomic mass is 16.7. The van der Waals surface area contributed by atoms with Gasteiger partial charge in [-0.05, 0) is 6.92 Å². The maximum absolute atomic E-state index is 10.5. The van der Waals surface area contributed by atoms with Crippen molar-refractivity contribution >= 4 is 0 Å². The molecule has 9 N–H and O–H groups in total. The van der Waals surface area contributed by atoms with Crippen molar-refractivity contribution in [2.75, 3.05) is 13.2 Å². The summed E-state index contributed by atoms with van der Waals surface area (Å²) < 4.78 is 26.5. The molecule has 14 nitrogen and oxygen atoms in total. The molecule has 3 saturated heterocycles. The van der Waals surface area contributed by atoms with Crippen molar-refractivity contribution in [2.24, 2.45) is 0 Å². The van der Waals surface area contributed by atoms with Gasteiger partial charge < -0.3 is 69.6 Å². The Hall–Kier alpha value is -0.560. The Bertz CT molecular complexity index is 579. The van der Waals surface area contributed by atoms with Gasteiger partial charge in [-0.3, -0.25) is 0 Å². The zero-order valence-electron chi connectivity index (χ0n) is 16.6. The number of ether oxygens (including phenoxy) is 5. The summed E-state index contributed by atoms with van der Waals surface area (Å²) in [7, 11) is 0. The number of aliphatic hydroxyl groups excluding tert-OH is 9. The van der Waals surface area contributed by atoms with Gasteiger partial charge in [-0.2, -0.15) is 0 Å². The van der Waals surface area contributed by atoms with Crippen molar-refractivity contribution in [1.29, 1.82) is 0 Å². The third kappa shape index (κ3) is 5.02. The minimum absolute atomic E-state index is 0.365. The molecule has 3 aliphatic heterocycles. The van der Waals surface area contributed by atoms with Crippen LogP contribution in [0, 0.1) is 0 Å². The van der Waals surface area contributed by atoms with E-state index in [9.17, 15) is 46.0 Å². The molecule has 0 bridgehead atoms. The molecular formula is C17H30O14. The minimum Gasteiger partial charge on any atom is -0.394 e. The number of hydrogen-bond acceptors (Lipinski definition) is 14. The molecule has 0 aromatic rings. The SMILES string of the molecule is C[C@H]1O[C@@H](O)[C@@H](O)[C@@H](O)[C@H]1O[C@H]1O[C@@H](CO)[C@@H](O[C@H]2OC[C@@H](O)[C@@H](O)[C@H]2O)[C@@H](O)[C@H]1O. The fraction of sp³-hybridized carbons (Fsp3) is 1.00. The van der Waals surface area contributed by atoms with E-state index in [-0.39, 0.29) is 6.61 Å². The third-order valence-electron chi connectivity index (χ3n) is 5.65. The van der Waals surface area contributed by atoms with Crippen molar-refractivity contribution in [3.8, 4) is 0 Å². The lowest BCUT2D eigenvalue weighted by Crippen LogP contribution is -2.65. The topological polar surface area (TPSA) is 228 Å². The smallest absolute Gasteiger partial charge is 0.187 e. The largest absolute Gasteiger partial charge is 0.394 e. The maximum atomic E-state index is 10.5. The summed E-state index contributed by atoms with van der Waals surface area (Å²) in [6.07, 6.45) is -21.1. The average Bonchev–Trinajstić information content (AvgIpc) is 2.74. The van der Waals surface area contributed by atoms with Gasteiger partial charge in [0.05, 0.1) is 19.3 Å². The Morgan fingerprint density at radius 2 is 1.29 bits per heavy atom. The Balaban J connectivity index is 1.68. The number of aliphatic hydroxyl groups is 9. The predicted octanol–water partition coefficient (Wildman–Crippen LogP) is -5.91. The Labute approximate surface area is 176 Å². The zero-order chi connectivity index (χ0) is 23.0. The normalized spacial score (nSPS) is 54.0. The summed E-state index contributed by atoms with van der Waals surface area (Å²) in [6.45, 7) is 0.352. The van der Waals surface area contributed by atoms with Gasteiger partial charge in [-0.25, -0.2) is 0 Å². The van der Waals surface area contributed by atoms with E-state index < -0.39 is 92.6 Å². The van der Waals surface area contributed by atoms with Crippen LogP contribution in [0.2, 0.25) is 0 Å². The van der Waals surface area contributed by atoms with Crippen LogP contribution in [0.5, 0.6) is 0 Å². The molecule has 0 amide bonds. The van der Waals surface area contributed by atoms with Crippen LogP contribution >= 0.6 is 0 Å². The van der Waals surface area contributed by atoms with Gasteiger partial charge >= 0.3 is 0 Å². The van der Waals surface area contributed by atoms with E-state index in [2.05, 4.69) is 0 Å². The van der Waals surface area contributed by atoms with E-state index in [1.54, 1.807) is 0 Å². The van der Waals surface area contributed by atoms with E-state index in [0.29, 0.717) is 0 Å². The summed E-state index contributed by atoms with van der Waals surface area (Å²) in [5.74, 6) is 0. The van der Waals surface area contributed by atoms with Crippen molar-refractivity contribution in [2.45, 2.75) is 92.9 Å². The second-order valence-corrected chi connectivity index (χ2v) is 7.87. The molecule has 3 aliphatic rings. The van der Waals surface area contributed by atoms with Crippen LogP contribution < -0.4 is 0 Å². The van der Waals surface area contributed by atoms with Crippen LogP contribution in [-0.2, 0) is 23.7 Å². The molecular weight excluding hydrogens is 428 g/mol. The highest BCUT2D eigenvalue weighted by Crippen LogP contribution is 2.31. The lowest BCUT2D eigenvalue weighted by molar-refractivity contribution is -0.370. The van der Waals surface area contributed by atoms with Crippen molar-refractivity contribution in [3.63, 3.8) is 0 Å². The van der Waals surface area contributed by atoms with Gasteiger partial charge in [0, 0.05) is 0 Å². The highest BCUT2D eigenvalue weighted by molar-refractivity contribution is 4.94. The lowest BCUT2D eigenvalue weighted by atomic mass is 9.97. The van der Waals surface area contributed by atoms with E-state index in [4.69, 9.17) is 23.7 Å². The zero-order valence-corrected chi connectivity index (χ0v) is 16.6. The first-order valence-corrected chi connectivity index (χ1v) is 9.85. The second kappa shape index (κ2) is 10.1. The van der Waals surface area contributed by atoms with Gasteiger partial charge in [-0.1, -0.05) is 0 Å². The van der Waals surface area contributed by atoms with Gasteiger partial charge in [0.1, 0.15) is 61.0 Å². The minimum atomic E-state index is -1.77. The Morgan fingerprint density at radius 1 is 0.710 bits per heavy atom. The Kier molecular flexibility index (Phi) is 8.21. The molecule has 3 heterocycles. The van der Waals surface area contributed by atoms with Crippen LogP contribution in [-0.4, -0.2) is 145 Å². The van der Waals surface area contributed by atoms with Crippen LogP contribution in [0.4, 0.5) is 0 Å². The van der Waals surface area contributed by atoms with Crippen molar-refractivity contribution < 1.29 is 69.6 Å². The second-order valence-electron chi connectivity index (χ2n) is 7.87. The summed E-state index contributed by atoms with van der Waals surface area (Å²) in [5.41, 5.74) is 0. The molecule has 0 unspecified atom stereocenters. The standard InChI is InChI=1S/C17H30O14/c1-4-13(8(21)10(23)15(26)28-4)30-17-12(25)9(22)14(6(2-18)29-17)31-16-11(24)7(20)5(19)3-27-16/h4-26H,2-3H2,1H3/t4-,5-,6+,7-,8-,9+,10+,11-,12-,13+,14-,15-,16-,17-/m1/s1. The van der Waals surface area contributed by atoms with Crippen molar-refractivity contribution in [1.82, 2.24) is 0 Å². The summed E-state index contributed by atoms with van der Waals surface area (Å²) in [5, 5.41) is 89.4. The monoisotopic (exact) mass is 458 g/mol. The average molecular weight is 458 g/mol. The summed E-state index contributed by atoms with van der Waals surface area (Å²) >= 11 is 0. The molecule has 0 spiro atoms. The molecule has 0 aromatic carbocycles. The van der Waals surface area contributed by atoms with Crippen LogP contribution in [0.1, 0.15) is 6.92 Å². The molecule has 14 heteroatoms. The van der Waals surface area contributed by atoms with E-state index in [1.807, 2.05) is 0 Å². The highest BCUT2D eigenvalue weighted by Gasteiger charge is 2.51. The first-order chi connectivity index (χ1) is 14.6. The first-order valence-electron chi connectivity index (χ1n) is 9.85. The summed E-state index contributed by atoms with van der Waals surface area (Å²) in [4.78, 5) is 0. The molecule has 3 rings (SSSR count). The van der Waals surface area contributed by atoms with Gasteiger partial charge in [-0.15, -0.1) is 0 Å². The molecule has 3 fully saturated rings. The van der Waals surface area contributed by atoms with Crippen LogP contribution in [0.3, 0.4) is 0 Å². The van der Waals surface area contributed by atoms with Gasteiger partial charge in [0.25, 0.3) is 0 Å². The molecule has 0 aromatic heterocycles. The maximum Gasteiger partial charge on any atom is 0.187 e. The molecule has 182 valence electrons. The molecule has 14 atom stereocenters. The van der Waals surface area contributed by atoms with E-state index >= 15 is 0 Å². The van der Waals surface area contributed by atoms with Crippen LogP contribution in [0.15, 0.2) is 0 Å². The number of rotatable bonds is 5. The molecule has 0 aliphatic carbocycles. The molecule has 31 heavy (non-hydrogen) atoms. The van der Waals surface area contributed by atoms with Gasteiger partial charge in [0.2, 0.25) is 0 Å². The van der Waals surface area contributed by atoms with E-state index in [0.717, 1.165) is 0 Å². The molecule has 0 radical (unpaired) electrons. The Morgan fingerprint density at radius 3 is 1.94 bits per heavy atom. The predicted molar refractivity (Wildman–Crippen MR) is 93.8 cm³/mol. The fourth-order valence-electron chi connectivity index (χ4n) is 3.75. The van der Waals surface area contributed by atoms with Crippen molar-refractivity contribution in [3.05, 3.63) is 0 Å².